The molecule has 0 radical (unpaired) electrons. The smallest absolute Gasteiger partial charge is 0.232 e. The maximum atomic E-state index is 14.8. The van der Waals surface area contributed by atoms with E-state index in [1.165, 1.54) is 6.42 Å². The van der Waals surface area contributed by atoms with Crippen LogP contribution in [0.4, 0.5) is 11.4 Å². The van der Waals surface area contributed by atoms with E-state index < -0.39 is 0 Å². The number of hydrogen-bond donors (Lipinski definition) is 0. The van der Waals surface area contributed by atoms with Crippen molar-refractivity contribution in [2.24, 2.45) is 38.9 Å². The van der Waals surface area contributed by atoms with Gasteiger partial charge in [0.25, 0.3) is 0 Å². The first-order valence-corrected chi connectivity index (χ1v) is 16.7. The van der Waals surface area contributed by atoms with Crippen LogP contribution in [0.1, 0.15) is 108 Å². The zero-order valence-electron chi connectivity index (χ0n) is 29.8. The number of hydrogen-bond acceptors (Lipinski definition) is 4. The van der Waals surface area contributed by atoms with Gasteiger partial charge >= 0.3 is 0 Å². The van der Waals surface area contributed by atoms with E-state index in [4.69, 9.17) is 9.47 Å². The summed E-state index contributed by atoms with van der Waals surface area (Å²) in [5.41, 5.74) is 3.11. The molecule has 2 aliphatic rings. The molecule has 244 valence electrons. The van der Waals surface area contributed by atoms with Gasteiger partial charge in [0, 0.05) is 36.0 Å². The second kappa shape index (κ2) is 12.3. The fourth-order valence-electron chi connectivity index (χ4n) is 7.62. The standard InChI is InChI=1S/C39H60N2O3/c1-28(23-35(2,3)4)38(10,11)37(8,9)25-39(12,36(5,6)7)32-20-21-43-27-41(34(32)42)31-18-19-33-29(22-31)24-40(26-44-33)30-16-14-13-15-17-30/h13-19,22,28,32H,20-21,23-27H2,1-12H3. The van der Waals surface area contributed by atoms with Crippen LogP contribution in [0, 0.1) is 38.9 Å². The lowest BCUT2D eigenvalue weighted by atomic mass is 9.49. The molecule has 0 spiro atoms. The topological polar surface area (TPSA) is 42.0 Å². The number of carbonyl (C=O) groups is 1. The summed E-state index contributed by atoms with van der Waals surface area (Å²) in [5, 5.41) is 0. The van der Waals surface area contributed by atoms with Crippen LogP contribution >= 0.6 is 0 Å². The molecule has 2 aliphatic heterocycles. The third-order valence-electron chi connectivity index (χ3n) is 11.7. The summed E-state index contributed by atoms with van der Waals surface area (Å²) < 4.78 is 12.3. The van der Waals surface area contributed by atoms with Crippen LogP contribution in [0.25, 0.3) is 0 Å². The second-order valence-electron chi connectivity index (χ2n) is 17.4. The predicted octanol–water partition coefficient (Wildman–Crippen LogP) is 9.94. The van der Waals surface area contributed by atoms with Crippen molar-refractivity contribution in [3.8, 4) is 5.75 Å². The number of carbonyl (C=O) groups excluding carboxylic acids is 1. The van der Waals surface area contributed by atoms with Crippen LogP contribution in [-0.2, 0) is 16.1 Å². The highest BCUT2D eigenvalue weighted by atomic mass is 16.5. The van der Waals surface area contributed by atoms with Gasteiger partial charge < -0.3 is 14.4 Å². The molecular weight excluding hydrogens is 544 g/mol. The molecule has 3 unspecified atom stereocenters. The van der Waals surface area contributed by atoms with Crippen molar-refractivity contribution in [1.82, 2.24) is 0 Å². The number of para-hydroxylation sites is 1. The Morgan fingerprint density at radius 2 is 1.52 bits per heavy atom. The summed E-state index contributed by atoms with van der Waals surface area (Å²) in [6.45, 7) is 30.7. The highest BCUT2D eigenvalue weighted by Crippen LogP contribution is 2.59. The maximum Gasteiger partial charge on any atom is 0.232 e. The molecule has 2 heterocycles. The first-order chi connectivity index (χ1) is 20.3. The van der Waals surface area contributed by atoms with E-state index in [1.807, 2.05) is 23.1 Å². The Hall–Kier alpha value is -2.53. The minimum Gasteiger partial charge on any atom is -0.473 e. The van der Waals surface area contributed by atoms with Gasteiger partial charge in [0.15, 0.2) is 6.73 Å². The fourth-order valence-corrected chi connectivity index (χ4v) is 7.62. The Bertz CT molecular complexity index is 1290. The molecule has 2 aromatic rings. The van der Waals surface area contributed by atoms with Gasteiger partial charge in [0.2, 0.25) is 5.91 Å². The van der Waals surface area contributed by atoms with Gasteiger partial charge in [-0.1, -0.05) is 101 Å². The summed E-state index contributed by atoms with van der Waals surface area (Å²) in [6, 6.07) is 16.5. The monoisotopic (exact) mass is 604 g/mol. The van der Waals surface area contributed by atoms with Gasteiger partial charge in [0.05, 0.1) is 0 Å². The number of anilines is 2. The number of fused-ring (bicyclic) bond motifs is 1. The van der Waals surface area contributed by atoms with Crippen LogP contribution in [0.5, 0.6) is 5.75 Å². The third-order valence-corrected chi connectivity index (χ3v) is 11.7. The first-order valence-electron chi connectivity index (χ1n) is 16.7. The molecule has 0 aliphatic carbocycles. The molecule has 0 aromatic heterocycles. The quantitative estimate of drug-likeness (QED) is 0.301. The summed E-state index contributed by atoms with van der Waals surface area (Å²) in [4.78, 5) is 18.9. The highest BCUT2D eigenvalue weighted by molar-refractivity contribution is 5.96. The number of benzene rings is 2. The predicted molar refractivity (Wildman–Crippen MR) is 184 cm³/mol. The SMILES string of the molecule is CC(CC(C)(C)C)C(C)(C)C(C)(C)CC(C)(C1CCOCN(c2ccc3c(c2)CN(c2ccccc2)CO3)C1=O)C(C)(C)C. The van der Waals surface area contributed by atoms with Crippen LogP contribution in [0.3, 0.4) is 0 Å². The van der Waals surface area contributed by atoms with Crippen LogP contribution < -0.4 is 14.5 Å². The van der Waals surface area contributed by atoms with Gasteiger partial charge in [-0.05, 0) is 82.6 Å². The largest absolute Gasteiger partial charge is 0.473 e. The van der Waals surface area contributed by atoms with Crippen molar-refractivity contribution in [2.75, 3.05) is 29.9 Å². The van der Waals surface area contributed by atoms with Gasteiger partial charge in [-0.15, -0.1) is 0 Å². The fraction of sp³-hybridized carbons (Fsp3) is 0.667. The van der Waals surface area contributed by atoms with Gasteiger partial charge in [-0.3, -0.25) is 9.69 Å². The number of rotatable bonds is 8. The van der Waals surface area contributed by atoms with Crippen LogP contribution in [0.2, 0.25) is 0 Å². The number of amides is 1. The molecule has 3 atom stereocenters. The molecule has 44 heavy (non-hydrogen) atoms. The average Bonchev–Trinajstić information content (AvgIpc) is 3.12. The number of nitrogens with zero attached hydrogens (tertiary/aromatic N) is 2. The third kappa shape index (κ3) is 6.98. The van der Waals surface area contributed by atoms with Gasteiger partial charge in [-0.2, -0.15) is 0 Å². The number of ether oxygens (including phenoxy) is 2. The zero-order chi connectivity index (χ0) is 32.7. The normalized spacial score (nSPS) is 20.8. The molecule has 5 nitrogen and oxygen atoms in total. The van der Waals surface area contributed by atoms with E-state index in [9.17, 15) is 4.79 Å². The molecule has 5 heteroatoms. The van der Waals surface area contributed by atoms with Crippen molar-refractivity contribution in [3.63, 3.8) is 0 Å². The van der Waals surface area contributed by atoms with E-state index in [2.05, 4.69) is 118 Å². The van der Waals surface area contributed by atoms with Crippen molar-refractivity contribution < 1.29 is 14.3 Å². The Labute approximate surface area is 268 Å². The molecule has 0 saturated carbocycles. The lowest BCUT2D eigenvalue weighted by Crippen LogP contribution is -2.52. The molecule has 1 saturated heterocycles. The minimum absolute atomic E-state index is 0.00201. The highest BCUT2D eigenvalue weighted by Gasteiger charge is 2.54. The molecule has 1 fully saturated rings. The van der Waals surface area contributed by atoms with E-state index in [0.29, 0.717) is 19.3 Å². The van der Waals surface area contributed by atoms with Crippen molar-refractivity contribution in [2.45, 2.75) is 109 Å². The Morgan fingerprint density at radius 3 is 2.14 bits per heavy atom. The van der Waals surface area contributed by atoms with Crippen LogP contribution in [-0.4, -0.2) is 26.0 Å². The first kappa shape index (κ1) is 34.3. The maximum absolute atomic E-state index is 14.8. The second-order valence-corrected chi connectivity index (χ2v) is 17.4. The molecule has 0 bridgehead atoms. The summed E-state index contributed by atoms with van der Waals surface area (Å²) in [5.74, 6) is 1.44. The van der Waals surface area contributed by atoms with Gasteiger partial charge in [0.1, 0.15) is 12.5 Å². The van der Waals surface area contributed by atoms with Gasteiger partial charge in [-0.25, -0.2) is 0 Å². The minimum atomic E-state index is -0.250. The van der Waals surface area contributed by atoms with E-state index in [-0.39, 0.29) is 45.6 Å². The van der Waals surface area contributed by atoms with Crippen molar-refractivity contribution >= 4 is 17.3 Å². The lowest BCUT2D eigenvalue weighted by Gasteiger charge is -2.56. The zero-order valence-corrected chi connectivity index (χ0v) is 29.8. The van der Waals surface area contributed by atoms with E-state index in [1.54, 1.807) is 0 Å². The molecule has 4 rings (SSSR count). The molecule has 2 aromatic carbocycles. The Balaban J connectivity index is 1.65. The summed E-state index contributed by atoms with van der Waals surface area (Å²) in [6.07, 6.45) is 2.86. The average molecular weight is 605 g/mol. The van der Waals surface area contributed by atoms with Crippen molar-refractivity contribution in [1.29, 1.82) is 0 Å². The summed E-state index contributed by atoms with van der Waals surface area (Å²) >= 11 is 0. The molecule has 1 amide bonds. The van der Waals surface area contributed by atoms with Crippen LogP contribution in [0.15, 0.2) is 48.5 Å². The Kier molecular flexibility index (Phi) is 9.63. The summed E-state index contributed by atoms with van der Waals surface area (Å²) in [7, 11) is 0. The Morgan fingerprint density at radius 1 is 0.864 bits per heavy atom. The molecular formula is C39H60N2O3. The lowest BCUT2D eigenvalue weighted by molar-refractivity contribution is -0.135. The molecule has 0 N–H and O–H groups in total. The van der Waals surface area contributed by atoms with Crippen molar-refractivity contribution in [3.05, 3.63) is 54.1 Å². The van der Waals surface area contributed by atoms with E-state index in [0.717, 1.165) is 42.1 Å². The van der Waals surface area contributed by atoms with E-state index >= 15 is 0 Å².